The molecule has 0 aromatic rings. The summed E-state index contributed by atoms with van der Waals surface area (Å²) in [6.07, 6.45) is 2.05. The van der Waals surface area contributed by atoms with Crippen molar-refractivity contribution in [2.45, 2.75) is 25.7 Å². The smallest absolute Gasteiger partial charge is 0.291 e. The summed E-state index contributed by atoms with van der Waals surface area (Å²) in [5.41, 5.74) is 0. The maximum atomic E-state index is 8.94. The first-order valence-electron chi connectivity index (χ1n) is 11.2. The van der Waals surface area contributed by atoms with E-state index in [0.29, 0.717) is 25.7 Å². The molecule has 1 fully saturated rings. The van der Waals surface area contributed by atoms with Gasteiger partial charge in [-0.2, -0.15) is 21.0 Å². The summed E-state index contributed by atoms with van der Waals surface area (Å²) in [7, 11) is 0. The Morgan fingerprint density at radius 1 is 0.528 bits per heavy atom. The highest BCUT2D eigenvalue weighted by molar-refractivity contribution is 4.80. The maximum absolute atomic E-state index is 8.94. The Bertz CT molecular complexity index is 633. The minimum Gasteiger partial charge on any atom is -0.328 e. The molecule has 1 saturated heterocycles. The summed E-state index contributed by atoms with van der Waals surface area (Å²) in [4.78, 5) is 26.0. The first-order chi connectivity index (χ1) is 17.2. The third kappa shape index (κ3) is 24.8. The lowest BCUT2D eigenvalue weighted by atomic mass is 10.3. The van der Waals surface area contributed by atoms with Crippen LogP contribution < -0.4 is 0 Å². The zero-order valence-corrected chi connectivity index (χ0v) is 20.3. The normalized spacial score (nSPS) is 15.9. The molecular weight excluding hydrogens is 476 g/mol. The van der Waals surface area contributed by atoms with Crippen molar-refractivity contribution >= 4 is 0 Å². The topological polar surface area (TPSA) is 235 Å². The van der Waals surface area contributed by atoms with Gasteiger partial charge in [0, 0.05) is 104 Å². The first-order valence-corrected chi connectivity index (χ1v) is 11.2. The van der Waals surface area contributed by atoms with E-state index in [4.69, 9.17) is 51.7 Å². The van der Waals surface area contributed by atoms with Crippen LogP contribution in [0.2, 0.25) is 0 Å². The van der Waals surface area contributed by atoms with Gasteiger partial charge in [0.05, 0.1) is 24.3 Å². The van der Waals surface area contributed by atoms with Gasteiger partial charge in [-0.05, 0) is 0 Å². The summed E-state index contributed by atoms with van der Waals surface area (Å²) in [6, 6.07) is 8.92. The van der Waals surface area contributed by atoms with Crippen molar-refractivity contribution < 1.29 is 20.6 Å². The van der Waals surface area contributed by atoms with Crippen LogP contribution in [0.3, 0.4) is 0 Å². The Hall–Kier alpha value is -3.80. The number of nitriles is 4. The molecule has 0 unspecified atom stereocenters. The van der Waals surface area contributed by atoms with E-state index >= 15 is 0 Å². The molecule has 0 amide bonds. The highest BCUT2D eigenvalue weighted by Crippen LogP contribution is 2.03. The van der Waals surface area contributed by atoms with Gasteiger partial charge < -0.3 is 10.4 Å². The van der Waals surface area contributed by atoms with Gasteiger partial charge >= 0.3 is 0 Å². The second kappa shape index (κ2) is 24.3. The van der Waals surface area contributed by atoms with Crippen LogP contribution in [0, 0.1) is 65.6 Å². The number of nitrogens with zero attached hydrogens (tertiary/aromatic N) is 10. The number of hydrogen-bond acceptors (Lipinski definition) is 12. The average molecular weight is 511 g/mol. The van der Waals surface area contributed by atoms with E-state index in [-0.39, 0.29) is 0 Å². The van der Waals surface area contributed by atoms with E-state index in [9.17, 15) is 0 Å². The van der Waals surface area contributed by atoms with Crippen LogP contribution in [0.15, 0.2) is 0 Å². The number of hydrogen-bond donors (Lipinski definition) is 2. The van der Waals surface area contributed by atoms with E-state index in [0.717, 1.165) is 78.5 Å². The summed E-state index contributed by atoms with van der Waals surface area (Å²) in [6.45, 7) is 9.99. The molecule has 16 nitrogen and oxygen atoms in total. The van der Waals surface area contributed by atoms with Crippen LogP contribution in [0.1, 0.15) is 25.7 Å². The van der Waals surface area contributed by atoms with Crippen LogP contribution in [0.5, 0.6) is 0 Å². The Labute approximate surface area is 210 Å². The molecule has 16 heteroatoms. The minimum atomic E-state index is -1.50. The molecule has 0 aromatic heterocycles. The molecule has 1 rings (SSSR count). The summed E-state index contributed by atoms with van der Waals surface area (Å²) >= 11 is 0. The fraction of sp³-hybridized carbons (Fsp3) is 0.800. The molecule has 1 aliphatic heterocycles. The fourth-order valence-corrected chi connectivity index (χ4v) is 3.31. The van der Waals surface area contributed by atoms with Crippen molar-refractivity contribution in [3.63, 3.8) is 0 Å². The Balaban J connectivity index is 0. The second-order valence-corrected chi connectivity index (χ2v) is 7.47. The molecule has 0 bridgehead atoms. The Kier molecular flexibility index (Phi) is 23.2. The van der Waals surface area contributed by atoms with E-state index in [1.165, 1.54) is 0 Å². The first kappa shape index (κ1) is 34.4. The second-order valence-electron chi connectivity index (χ2n) is 7.47. The van der Waals surface area contributed by atoms with Crippen LogP contribution in [0.25, 0.3) is 0 Å². The average Bonchev–Trinajstić information content (AvgIpc) is 2.81. The van der Waals surface area contributed by atoms with Crippen molar-refractivity contribution in [3.05, 3.63) is 20.2 Å². The van der Waals surface area contributed by atoms with Gasteiger partial charge in [0.2, 0.25) is 0 Å². The standard InChI is InChI=1S/C20H32N8.2HNO3/c21-5-1-9-25-13-15-26(10-2-6-22)17-19-28(12-4-8-24)20-18-27(16-14-25)11-3-7-23;2*2-1(3)4/h1-4,9-20H2;2*(H,2,3,4). The predicted molar refractivity (Wildman–Crippen MR) is 124 cm³/mol. The van der Waals surface area contributed by atoms with Crippen molar-refractivity contribution in [2.75, 3.05) is 78.5 Å². The summed E-state index contributed by atoms with van der Waals surface area (Å²) < 4.78 is 0. The molecule has 200 valence electrons. The fourth-order valence-electron chi connectivity index (χ4n) is 3.31. The van der Waals surface area contributed by atoms with Crippen LogP contribution >= 0.6 is 0 Å². The quantitative estimate of drug-likeness (QED) is 0.327. The van der Waals surface area contributed by atoms with Crippen LogP contribution in [-0.4, -0.2) is 119 Å². The monoisotopic (exact) mass is 510 g/mol. The van der Waals surface area contributed by atoms with Crippen LogP contribution in [0.4, 0.5) is 0 Å². The van der Waals surface area contributed by atoms with Gasteiger partial charge in [-0.1, -0.05) is 0 Å². The Morgan fingerprint density at radius 2 is 0.667 bits per heavy atom. The molecular formula is C20H34N10O6. The third-order valence-electron chi connectivity index (χ3n) is 5.09. The summed E-state index contributed by atoms with van der Waals surface area (Å²) in [5.74, 6) is 0. The van der Waals surface area contributed by atoms with E-state index in [1.54, 1.807) is 0 Å². The van der Waals surface area contributed by atoms with E-state index < -0.39 is 10.2 Å². The third-order valence-corrected chi connectivity index (χ3v) is 5.09. The molecule has 2 N–H and O–H groups in total. The zero-order valence-electron chi connectivity index (χ0n) is 20.3. The minimum absolute atomic E-state index is 0.512. The van der Waals surface area contributed by atoms with Gasteiger partial charge in [0.25, 0.3) is 10.2 Å². The van der Waals surface area contributed by atoms with Gasteiger partial charge in [-0.3, -0.25) is 19.6 Å². The van der Waals surface area contributed by atoms with Gasteiger partial charge in [0.1, 0.15) is 0 Å². The van der Waals surface area contributed by atoms with Crippen molar-refractivity contribution in [2.24, 2.45) is 0 Å². The molecule has 36 heavy (non-hydrogen) atoms. The molecule has 0 aromatic carbocycles. The highest BCUT2D eigenvalue weighted by Gasteiger charge is 2.16. The van der Waals surface area contributed by atoms with Gasteiger partial charge in [-0.25, -0.2) is 0 Å². The van der Waals surface area contributed by atoms with Crippen molar-refractivity contribution in [1.29, 1.82) is 21.0 Å². The summed E-state index contributed by atoms with van der Waals surface area (Å²) in [5, 5.41) is 63.1. The van der Waals surface area contributed by atoms with Gasteiger partial charge in [0.15, 0.2) is 0 Å². The van der Waals surface area contributed by atoms with Crippen LogP contribution in [-0.2, 0) is 0 Å². The lowest BCUT2D eigenvalue weighted by Gasteiger charge is -2.33. The van der Waals surface area contributed by atoms with E-state index in [2.05, 4.69) is 43.9 Å². The zero-order chi connectivity index (χ0) is 27.6. The highest BCUT2D eigenvalue weighted by atomic mass is 16.9. The van der Waals surface area contributed by atoms with Crippen molar-refractivity contribution in [1.82, 2.24) is 19.6 Å². The number of rotatable bonds is 8. The molecule has 0 aliphatic carbocycles. The molecule has 0 saturated carbocycles. The Morgan fingerprint density at radius 3 is 0.778 bits per heavy atom. The molecule has 1 heterocycles. The molecule has 0 atom stereocenters. The van der Waals surface area contributed by atoms with Crippen molar-refractivity contribution in [3.8, 4) is 24.3 Å². The SMILES string of the molecule is N#CCCN1CCN(CCC#N)CCN(CCC#N)CCN(CCC#N)CC1.O=[N+]([O-])O.O=[N+]([O-])O. The lowest BCUT2D eigenvalue weighted by Crippen LogP contribution is -2.46. The molecule has 0 radical (unpaired) electrons. The van der Waals surface area contributed by atoms with E-state index in [1.807, 2.05) is 0 Å². The van der Waals surface area contributed by atoms with Gasteiger partial charge in [-0.15, -0.1) is 20.2 Å². The lowest BCUT2D eigenvalue weighted by molar-refractivity contribution is -0.742. The molecule has 1 aliphatic rings. The predicted octanol–water partition coefficient (Wildman–Crippen LogP) is 0.167. The largest absolute Gasteiger partial charge is 0.328 e. The molecule has 0 spiro atoms. The maximum Gasteiger partial charge on any atom is 0.291 e.